The molecule has 2 N–H and O–H groups in total. The number of benzene rings is 2. The molecule has 9 heteroatoms. The van der Waals surface area contributed by atoms with Crippen LogP contribution >= 0.6 is 30.3 Å². The second-order valence-electron chi connectivity index (χ2n) is 6.32. The van der Waals surface area contributed by atoms with Crippen LogP contribution in [0.5, 0.6) is 0 Å². The molecule has 2 aromatic carbocycles. The molecular formula is C20H17ClF2NO3PS. The third-order valence-corrected chi connectivity index (χ3v) is 7.85. The maximum Gasteiger partial charge on any atom is 0.241 e. The molecule has 3 rings (SSSR count). The van der Waals surface area contributed by atoms with E-state index >= 15 is 0 Å². The smallest absolute Gasteiger partial charge is 0.241 e. The predicted octanol–water partition coefficient (Wildman–Crippen LogP) is 5.95. The van der Waals surface area contributed by atoms with Gasteiger partial charge in [0.15, 0.2) is 11.6 Å². The number of carbonyl (C=O) groups is 1. The molecule has 0 fully saturated rings. The Morgan fingerprint density at radius 1 is 1.28 bits per heavy atom. The van der Waals surface area contributed by atoms with Gasteiger partial charge in [-0.2, -0.15) is 0 Å². The van der Waals surface area contributed by atoms with E-state index in [1.54, 1.807) is 30.5 Å². The number of amides is 1. The summed E-state index contributed by atoms with van der Waals surface area (Å²) in [4.78, 5) is 23.3. The largest absolute Gasteiger partial charge is 0.344 e. The van der Waals surface area contributed by atoms with Gasteiger partial charge in [0.05, 0.1) is 0 Å². The Bertz CT molecular complexity index is 1150. The number of halogens is 3. The molecule has 2 unspecified atom stereocenters. The molecule has 4 nitrogen and oxygen atoms in total. The van der Waals surface area contributed by atoms with Crippen LogP contribution < -0.4 is 5.32 Å². The monoisotopic (exact) mass is 455 g/mol. The van der Waals surface area contributed by atoms with E-state index in [-0.39, 0.29) is 6.16 Å². The van der Waals surface area contributed by atoms with Crippen LogP contribution in [-0.2, 0) is 9.36 Å². The molecule has 0 bridgehead atoms. The van der Waals surface area contributed by atoms with Gasteiger partial charge >= 0.3 is 0 Å². The second kappa shape index (κ2) is 8.76. The lowest BCUT2D eigenvalue weighted by molar-refractivity contribution is -0.120. The zero-order chi connectivity index (χ0) is 21.2. The van der Waals surface area contributed by atoms with Crippen molar-refractivity contribution in [2.24, 2.45) is 0 Å². The highest BCUT2D eigenvalue weighted by molar-refractivity contribution is 7.59. The van der Waals surface area contributed by atoms with Crippen molar-refractivity contribution in [2.75, 3.05) is 6.16 Å². The van der Waals surface area contributed by atoms with Crippen LogP contribution in [0.2, 0.25) is 5.02 Å². The highest BCUT2D eigenvalue weighted by atomic mass is 35.5. The van der Waals surface area contributed by atoms with Crippen molar-refractivity contribution in [1.82, 2.24) is 5.32 Å². The summed E-state index contributed by atoms with van der Waals surface area (Å²) in [6.07, 6.45) is 2.52. The van der Waals surface area contributed by atoms with E-state index in [2.05, 4.69) is 5.32 Å². The van der Waals surface area contributed by atoms with Gasteiger partial charge in [0.2, 0.25) is 13.3 Å². The van der Waals surface area contributed by atoms with E-state index in [0.717, 1.165) is 16.8 Å². The van der Waals surface area contributed by atoms with Gasteiger partial charge in [0.25, 0.3) is 0 Å². The van der Waals surface area contributed by atoms with Crippen molar-refractivity contribution in [2.45, 2.75) is 12.6 Å². The Morgan fingerprint density at radius 2 is 2.03 bits per heavy atom. The Morgan fingerprint density at radius 3 is 2.72 bits per heavy atom. The quantitative estimate of drug-likeness (QED) is 0.451. The second-order valence-corrected chi connectivity index (χ2v) is 10.3. The number of carbonyl (C=O) groups excluding carboxylic acids is 1. The lowest BCUT2D eigenvalue weighted by Gasteiger charge is -2.20. The van der Waals surface area contributed by atoms with Gasteiger partial charge in [-0.05, 0) is 58.3 Å². The van der Waals surface area contributed by atoms with Gasteiger partial charge in [-0.25, -0.2) is 8.78 Å². The van der Waals surface area contributed by atoms with Crippen molar-refractivity contribution in [1.29, 1.82) is 0 Å². The standard InChI is InChI=1S/C20H17ClF2NO3PS/c1-2-28(26,27)19(15-11-29-18-6-4-13(21)10-14(15)18)20(25)24-8-7-12-3-5-16(22)17(23)9-12/h3-11,19H,2H2,1H3,(H,24,25)(H,26,27)/b8-7+. The van der Waals surface area contributed by atoms with Crippen LogP contribution in [0.1, 0.15) is 23.7 Å². The first-order chi connectivity index (χ1) is 13.7. The molecule has 0 spiro atoms. The third-order valence-electron chi connectivity index (χ3n) is 4.41. The minimum Gasteiger partial charge on any atom is -0.344 e. The number of nitrogens with one attached hydrogen (secondary N) is 1. The minimum atomic E-state index is -3.87. The molecule has 3 aromatic rings. The Kier molecular flexibility index (Phi) is 6.54. The zero-order valence-electron chi connectivity index (χ0n) is 15.2. The number of hydrogen-bond acceptors (Lipinski definition) is 3. The number of thiophene rings is 1. The number of hydrogen-bond donors (Lipinski definition) is 2. The summed E-state index contributed by atoms with van der Waals surface area (Å²) in [7, 11) is -3.87. The molecule has 0 radical (unpaired) electrons. The first kappa shape index (κ1) is 21.7. The van der Waals surface area contributed by atoms with Crippen molar-refractivity contribution in [3.8, 4) is 0 Å². The van der Waals surface area contributed by atoms with E-state index in [4.69, 9.17) is 11.6 Å². The average molecular weight is 456 g/mol. The molecule has 0 aliphatic heterocycles. The lowest BCUT2D eigenvalue weighted by Crippen LogP contribution is -2.25. The molecule has 0 saturated heterocycles. The molecule has 29 heavy (non-hydrogen) atoms. The van der Waals surface area contributed by atoms with Crippen molar-refractivity contribution in [3.05, 3.63) is 75.8 Å². The molecule has 0 aliphatic carbocycles. The predicted molar refractivity (Wildman–Crippen MR) is 113 cm³/mol. The lowest BCUT2D eigenvalue weighted by atomic mass is 10.1. The highest BCUT2D eigenvalue weighted by Crippen LogP contribution is 2.57. The average Bonchev–Trinajstić information content (AvgIpc) is 3.07. The summed E-state index contributed by atoms with van der Waals surface area (Å²) in [5.41, 5.74) is -0.524. The van der Waals surface area contributed by atoms with E-state index in [9.17, 15) is 23.0 Å². The summed E-state index contributed by atoms with van der Waals surface area (Å²) in [5, 5.41) is 5.27. The number of rotatable bonds is 6. The van der Waals surface area contributed by atoms with Gasteiger partial charge in [-0.15, -0.1) is 11.3 Å². The first-order valence-electron chi connectivity index (χ1n) is 8.63. The summed E-state index contributed by atoms with van der Waals surface area (Å²) >= 11 is 7.41. The van der Waals surface area contributed by atoms with Crippen LogP contribution in [0.15, 0.2) is 48.0 Å². The first-order valence-corrected chi connectivity index (χ1v) is 11.8. The van der Waals surface area contributed by atoms with Crippen LogP contribution in [0, 0.1) is 11.6 Å². The molecule has 1 heterocycles. The van der Waals surface area contributed by atoms with Gasteiger partial charge < -0.3 is 10.2 Å². The minimum absolute atomic E-state index is 0.0874. The van der Waals surface area contributed by atoms with Crippen molar-refractivity contribution >= 4 is 52.4 Å². The van der Waals surface area contributed by atoms with E-state index < -0.39 is 30.6 Å². The molecule has 0 saturated carbocycles. The van der Waals surface area contributed by atoms with Crippen LogP contribution in [0.3, 0.4) is 0 Å². The molecule has 1 aromatic heterocycles. The molecule has 0 aliphatic rings. The molecule has 1 amide bonds. The zero-order valence-corrected chi connectivity index (χ0v) is 17.7. The highest BCUT2D eigenvalue weighted by Gasteiger charge is 2.38. The molecule has 152 valence electrons. The van der Waals surface area contributed by atoms with E-state index in [1.807, 2.05) is 0 Å². The Hall–Kier alpha value is -2.05. The fraction of sp³-hybridized carbons (Fsp3) is 0.150. The Balaban J connectivity index is 1.91. The molecule has 2 atom stereocenters. The summed E-state index contributed by atoms with van der Waals surface area (Å²) < 4.78 is 39.9. The fourth-order valence-corrected chi connectivity index (χ4v) is 5.57. The number of fused-ring (bicyclic) bond motifs is 1. The van der Waals surface area contributed by atoms with E-state index in [0.29, 0.717) is 21.5 Å². The summed E-state index contributed by atoms with van der Waals surface area (Å²) in [6.45, 7) is 1.54. The van der Waals surface area contributed by atoms with Crippen LogP contribution in [0.4, 0.5) is 8.78 Å². The normalized spacial score (nSPS) is 14.8. The third kappa shape index (κ3) is 4.75. The summed E-state index contributed by atoms with van der Waals surface area (Å²) in [6, 6.07) is 8.46. The van der Waals surface area contributed by atoms with Crippen LogP contribution in [-0.4, -0.2) is 17.0 Å². The maximum atomic E-state index is 13.3. The van der Waals surface area contributed by atoms with Gasteiger partial charge in [0, 0.05) is 22.1 Å². The van der Waals surface area contributed by atoms with Gasteiger partial charge in [-0.3, -0.25) is 9.36 Å². The Labute approximate surface area is 175 Å². The maximum absolute atomic E-state index is 13.3. The fourth-order valence-electron chi connectivity index (χ4n) is 2.87. The van der Waals surface area contributed by atoms with Crippen LogP contribution in [0.25, 0.3) is 16.2 Å². The molecular weight excluding hydrogens is 439 g/mol. The van der Waals surface area contributed by atoms with Gasteiger partial charge in [0.1, 0.15) is 5.66 Å². The summed E-state index contributed by atoms with van der Waals surface area (Å²) in [5.74, 6) is -2.65. The van der Waals surface area contributed by atoms with Gasteiger partial charge in [-0.1, -0.05) is 24.6 Å². The van der Waals surface area contributed by atoms with Crippen molar-refractivity contribution < 1.29 is 23.0 Å². The van der Waals surface area contributed by atoms with E-state index in [1.165, 1.54) is 29.7 Å². The topological polar surface area (TPSA) is 66.4 Å². The van der Waals surface area contributed by atoms with Crippen molar-refractivity contribution in [3.63, 3.8) is 0 Å². The SMILES string of the molecule is CCP(=O)(O)C(C(=O)N/C=C/c1ccc(F)c(F)c1)c1csc2ccc(Cl)cc12.